The Morgan fingerprint density at radius 3 is 2.77 bits per heavy atom. The molecule has 0 aliphatic heterocycles. The minimum atomic E-state index is -0.742. The molecule has 3 aromatic rings. The van der Waals surface area contributed by atoms with Crippen LogP contribution in [0.3, 0.4) is 0 Å². The summed E-state index contributed by atoms with van der Waals surface area (Å²) in [7, 11) is 1.19. The van der Waals surface area contributed by atoms with Crippen LogP contribution in [-0.2, 0) is 16.0 Å². The Hall–Kier alpha value is -3.13. The maximum absolute atomic E-state index is 12.2. The number of nitrogens with one attached hydrogen (secondary N) is 1. The smallest absolute Gasteiger partial charge is 0.374 e. The van der Waals surface area contributed by atoms with Crippen LogP contribution in [0.1, 0.15) is 22.7 Å². The molecule has 3 rings (SSSR count). The van der Waals surface area contributed by atoms with E-state index >= 15 is 0 Å². The summed E-state index contributed by atoms with van der Waals surface area (Å²) in [5, 5.41) is 6.67. The average molecular weight is 377 g/mol. The Bertz CT molecular complexity index is 1040. The lowest BCUT2D eigenvalue weighted by atomic mass is 10.2. The van der Waals surface area contributed by atoms with Crippen LogP contribution in [0.15, 0.2) is 44.1 Å². The maximum Gasteiger partial charge on any atom is 0.374 e. The van der Waals surface area contributed by atoms with Crippen molar-refractivity contribution in [1.82, 2.24) is 5.16 Å². The van der Waals surface area contributed by atoms with Gasteiger partial charge < -0.3 is 19.0 Å². The van der Waals surface area contributed by atoms with Gasteiger partial charge in [0.25, 0.3) is 0 Å². The molecule has 8 nitrogen and oxygen atoms in total. The molecule has 0 aliphatic rings. The van der Waals surface area contributed by atoms with Crippen LogP contribution in [0.2, 0.25) is 5.15 Å². The molecule has 0 radical (unpaired) electrons. The highest BCUT2D eigenvalue weighted by Crippen LogP contribution is 2.19. The summed E-state index contributed by atoms with van der Waals surface area (Å²) < 4.78 is 14.8. The van der Waals surface area contributed by atoms with Crippen molar-refractivity contribution >= 4 is 40.1 Å². The predicted molar refractivity (Wildman–Crippen MR) is 92.3 cm³/mol. The molecule has 0 saturated heterocycles. The molecule has 0 atom stereocenters. The van der Waals surface area contributed by atoms with Gasteiger partial charge in [0.05, 0.1) is 12.5 Å². The number of halogens is 1. The van der Waals surface area contributed by atoms with Crippen LogP contribution in [0, 0.1) is 0 Å². The number of methoxy groups -OCH3 is 1. The predicted octanol–water partition coefficient (Wildman–Crippen LogP) is 2.79. The number of hydrogen-bond acceptors (Lipinski definition) is 7. The Labute approximate surface area is 151 Å². The highest BCUT2D eigenvalue weighted by Gasteiger charge is 2.13. The van der Waals surface area contributed by atoms with E-state index in [1.807, 2.05) is 0 Å². The molecule has 1 amide bonds. The fourth-order valence-electron chi connectivity index (χ4n) is 2.30. The second-order valence-corrected chi connectivity index (χ2v) is 5.73. The number of benzene rings is 1. The maximum atomic E-state index is 12.2. The van der Waals surface area contributed by atoms with Crippen LogP contribution < -0.4 is 10.7 Å². The SMILES string of the molecule is COC(=O)c1cc(=O)c2cc(NC(=O)CCc3cc(Cl)no3)ccc2o1. The van der Waals surface area contributed by atoms with Crippen LogP contribution >= 0.6 is 11.6 Å². The van der Waals surface area contributed by atoms with E-state index in [1.165, 1.54) is 25.3 Å². The minimum absolute atomic E-state index is 0.152. The number of amides is 1. The van der Waals surface area contributed by atoms with E-state index < -0.39 is 11.4 Å². The second kappa shape index (κ2) is 7.40. The molecule has 1 N–H and O–H groups in total. The molecule has 0 fully saturated rings. The first-order chi connectivity index (χ1) is 12.5. The zero-order valence-electron chi connectivity index (χ0n) is 13.6. The number of aromatic nitrogens is 1. The molecular weight excluding hydrogens is 364 g/mol. The van der Waals surface area contributed by atoms with Gasteiger partial charge in [-0.3, -0.25) is 9.59 Å². The number of fused-ring (bicyclic) bond motifs is 1. The van der Waals surface area contributed by atoms with Crippen LogP contribution in [0.25, 0.3) is 11.0 Å². The van der Waals surface area contributed by atoms with E-state index in [2.05, 4.69) is 15.2 Å². The summed E-state index contributed by atoms with van der Waals surface area (Å²) >= 11 is 5.64. The van der Waals surface area contributed by atoms with Gasteiger partial charge in [-0.2, -0.15) is 0 Å². The van der Waals surface area contributed by atoms with Crippen molar-refractivity contribution in [2.75, 3.05) is 12.4 Å². The Kier molecular flexibility index (Phi) is 5.04. The zero-order valence-corrected chi connectivity index (χ0v) is 14.3. The lowest BCUT2D eigenvalue weighted by Crippen LogP contribution is -2.13. The highest BCUT2D eigenvalue weighted by atomic mass is 35.5. The van der Waals surface area contributed by atoms with Gasteiger partial charge in [0, 0.05) is 30.7 Å². The molecule has 1 aromatic carbocycles. The molecule has 134 valence electrons. The summed E-state index contributed by atoms with van der Waals surface area (Å²) in [5.41, 5.74) is 0.225. The summed E-state index contributed by atoms with van der Waals surface area (Å²) in [6.45, 7) is 0. The summed E-state index contributed by atoms with van der Waals surface area (Å²) in [5.74, 6) is -0.700. The standard InChI is InChI=1S/C17H13ClN2O6/c1-24-17(23)14-8-12(21)11-6-9(2-4-13(11)25-14)19-16(22)5-3-10-7-15(18)20-26-10/h2,4,6-8H,3,5H2,1H3,(H,19,22). The van der Waals surface area contributed by atoms with E-state index in [9.17, 15) is 14.4 Å². The van der Waals surface area contributed by atoms with Crippen molar-refractivity contribution in [3.8, 4) is 0 Å². The fraction of sp³-hybridized carbons (Fsp3) is 0.176. The molecular formula is C17H13ClN2O6. The second-order valence-electron chi connectivity index (χ2n) is 5.34. The fourth-order valence-corrected chi connectivity index (χ4v) is 2.46. The number of aryl methyl sites for hydroxylation is 1. The van der Waals surface area contributed by atoms with E-state index in [0.717, 1.165) is 6.07 Å². The molecule has 0 saturated carbocycles. The number of carbonyl (C=O) groups excluding carboxylic acids is 2. The van der Waals surface area contributed by atoms with Gasteiger partial charge in [-0.05, 0) is 18.2 Å². The van der Waals surface area contributed by atoms with Gasteiger partial charge in [-0.1, -0.05) is 16.8 Å². The normalized spacial score (nSPS) is 10.7. The molecule has 9 heteroatoms. The third kappa shape index (κ3) is 3.92. The van der Waals surface area contributed by atoms with E-state index in [0.29, 0.717) is 17.9 Å². The molecule has 0 aliphatic carbocycles. The van der Waals surface area contributed by atoms with Crippen molar-refractivity contribution < 1.29 is 23.3 Å². The van der Waals surface area contributed by atoms with Gasteiger partial charge in [0.1, 0.15) is 11.3 Å². The lowest BCUT2D eigenvalue weighted by molar-refractivity contribution is -0.116. The van der Waals surface area contributed by atoms with Crippen molar-refractivity contribution in [2.24, 2.45) is 0 Å². The van der Waals surface area contributed by atoms with Gasteiger partial charge >= 0.3 is 5.97 Å². The van der Waals surface area contributed by atoms with Gasteiger partial charge in [-0.25, -0.2) is 4.79 Å². The first kappa shape index (κ1) is 17.7. The Morgan fingerprint density at radius 1 is 1.27 bits per heavy atom. The minimum Gasteiger partial charge on any atom is -0.463 e. The molecule has 0 spiro atoms. The summed E-state index contributed by atoms with van der Waals surface area (Å²) in [4.78, 5) is 35.7. The zero-order chi connectivity index (χ0) is 18.7. The first-order valence-electron chi connectivity index (χ1n) is 7.53. The van der Waals surface area contributed by atoms with Crippen LogP contribution in [0.4, 0.5) is 5.69 Å². The van der Waals surface area contributed by atoms with Gasteiger partial charge in [0.2, 0.25) is 11.7 Å². The molecule has 26 heavy (non-hydrogen) atoms. The third-order valence-corrected chi connectivity index (χ3v) is 3.70. The lowest BCUT2D eigenvalue weighted by Gasteiger charge is -2.06. The largest absolute Gasteiger partial charge is 0.463 e. The van der Waals surface area contributed by atoms with Gasteiger partial charge in [0.15, 0.2) is 10.6 Å². The molecule has 2 aromatic heterocycles. The van der Waals surface area contributed by atoms with Crippen LogP contribution in [0.5, 0.6) is 0 Å². The number of rotatable bonds is 5. The van der Waals surface area contributed by atoms with Crippen molar-refractivity contribution in [3.05, 3.63) is 57.2 Å². The summed E-state index contributed by atoms with van der Waals surface area (Å²) in [6.07, 6.45) is 0.489. The third-order valence-electron chi connectivity index (χ3n) is 3.53. The number of ether oxygens (including phenoxy) is 1. The number of carbonyl (C=O) groups is 2. The number of nitrogens with zero attached hydrogens (tertiary/aromatic N) is 1. The average Bonchev–Trinajstić information content (AvgIpc) is 3.05. The monoisotopic (exact) mass is 376 g/mol. The number of anilines is 1. The molecule has 2 heterocycles. The topological polar surface area (TPSA) is 112 Å². The highest BCUT2D eigenvalue weighted by molar-refractivity contribution is 6.29. The Morgan fingerprint density at radius 2 is 2.08 bits per heavy atom. The number of hydrogen-bond donors (Lipinski definition) is 1. The van der Waals surface area contributed by atoms with Gasteiger partial charge in [-0.15, -0.1) is 0 Å². The van der Waals surface area contributed by atoms with E-state index in [4.69, 9.17) is 20.5 Å². The van der Waals surface area contributed by atoms with E-state index in [-0.39, 0.29) is 34.2 Å². The first-order valence-corrected chi connectivity index (χ1v) is 7.91. The van der Waals surface area contributed by atoms with Crippen LogP contribution in [-0.4, -0.2) is 24.1 Å². The molecule has 0 unspecified atom stereocenters. The number of esters is 1. The van der Waals surface area contributed by atoms with Crippen molar-refractivity contribution in [3.63, 3.8) is 0 Å². The molecule has 0 bridgehead atoms. The Balaban J connectivity index is 1.74. The van der Waals surface area contributed by atoms with Crippen molar-refractivity contribution in [1.29, 1.82) is 0 Å². The van der Waals surface area contributed by atoms with Crippen molar-refractivity contribution in [2.45, 2.75) is 12.8 Å². The quantitative estimate of drug-likeness (QED) is 0.681. The van der Waals surface area contributed by atoms with E-state index in [1.54, 1.807) is 6.07 Å². The summed E-state index contributed by atoms with van der Waals surface area (Å²) in [6, 6.07) is 7.12.